The SMILES string of the molecule is Cn1c(=O)c(C2=NN(C(=O)c3ccco3)C(c3ccco3)C2)c(-c2ccccc2)c2cc(Cl)ccc21. The number of carbonyl (C=O) groups is 1. The van der Waals surface area contributed by atoms with Gasteiger partial charge in [-0.1, -0.05) is 41.9 Å². The molecular weight excluding hydrogens is 478 g/mol. The number of hydrazone groups is 1. The molecule has 36 heavy (non-hydrogen) atoms. The minimum Gasteiger partial charge on any atom is -0.467 e. The van der Waals surface area contributed by atoms with Crippen LogP contribution in [0.25, 0.3) is 22.0 Å². The monoisotopic (exact) mass is 497 g/mol. The Labute approximate surface area is 210 Å². The highest BCUT2D eigenvalue weighted by atomic mass is 35.5. The third-order valence-electron chi connectivity index (χ3n) is 6.43. The van der Waals surface area contributed by atoms with E-state index in [1.165, 1.54) is 11.3 Å². The lowest BCUT2D eigenvalue weighted by Crippen LogP contribution is -2.26. The maximum absolute atomic E-state index is 13.9. The molecule has 8 heteroatoms. The van der Waals surface area contributed by atoms with Gasteiger partial charge in [0.25, 0.3) is 5.56 Å². The second-order valence-corrected chi connectivity index (χ2v) is 8.99. The number of nitrogens with zero attached hydrogens (tertiary/aromatic N) is 3. The molecule has 2 aromatic carbocycles. The van der Waals surface area contributed by atoms with Crippen LogP contribution in [0.5, 0.6) is 0 Å². The molecule has 4 heterocycles. The first-order chi connectivity index (χ1) is 17.5. The molecule has 3 aromatic heterocycles. The molecule has 1 amide bonds. The number of amides is 1. The van der Waals surface area contributed by atoms with Gasteiger partial charge in [-0.25, -0.2) is 5.01 Å². The van der Waals surface area contributed by atoms with Gasteiger partial charge in [0.15, 0.2) is 5.76 Å². The van der Waals surface area contributed by atoms with Crippen molar-refractivity contribution in [1.29, 1.82) is 0 Å². The van der Waals surface area contributed by atoms with E-state index >= 15 is 0 Å². The van der Waals surface area contributed by atoms with Gasteiger partial charge in [0, 0.05) is 29.4 Å². The van der Waals surface area contributed by atoms with Gasteiger partial charge in [-0.15, -0.1) is 0 Å². The molecule has 0 radical (unpaired) electrons. The Morgan fingerprint density at radius 1 is 0.972 bits per heavy atom. The Hall–Kier alpha value is -4.36. The molecule has 1 aliphatic rings. The average molecular weight is 498 g/mol. The van der Waals surface area contributed by atoms with Crippen LogP contribution in [-0.2, 0) is 7.05 Å². The Balaban J connectivity index is 1.61. The van der Waals surface area contributed by atoms with Crippen molar-refractivity contribution in [3.05, 3.63) is 118 Å². The zero-order valence-electron chi connectivity index (χ0n) is 19.2. The minimum absolute atomic E-state index is 0.151. The summed E-state index contributed by atoms with van der Waals surface area (Å²) in [5, 5.41) is 7.41. The number of fused-ring (bicyclic) bond motifs is 1. The molecule has 0 saturated carbocycles. The minimum atomic E-state index is -0.531. The Bertz CT molecular complexity index is 1670. The smallest absolute Gasteiger partial charge is 0.310 e. The van der Waals surface area contributed by atoms with Gasteiger partial charge in [0.05, 0.1) is 29.3 Å². The lowest BCUT2D eigenvalue weighted by Gasteiger charge is -2.18. The van der Waals surface area contributed by atoms with Gasteiger partial charge in [0.1, 0.15) is 11.8 Å². The maximum Gasteiger partial charge on any atom is 0.310 e. The Morgan fingerprint density at radius 3 is 2.47 bits per heavy atom. The molecule has 0 N–H and O–H groups in total. The van der Waals surface area contributed by atoms with Crippen molar-refractivity contribution in [3.63, 3.8) is 0 Å². The van der Waals surface area contributed by atoms with Crippen LogP contribution in [0.2, 0.25) is 5.02 Å². The van der Waals surface area contributed by atoms with E-state index < -0.39 is 11.9 Å². The number of aromatic nitrogens is 1. The van der Waals surface area contributed by atoms with E-state index in [1.54, 1.807) is 48.2 Å². The first-order valence-corrected chi connectivity index (χ1v) is 11.8. The summed E-state index contributed by atoms with van der Waals surface area (Å²) < 4.78 is 12.6. The highest BCUT2D eigenvalue weighted by Crippen LogP contribution is 2.38. The molecule has 1 atom stereocenters. The molecule has 0 fully saturated rings. The van der Waals surface area contributed by atoms with Crippen molar-refractivity contribution in [1.82, 2.24) is 9.58 Å². The second kappa shape index (κ2) is 8.70. The van der Waals surface area contributed by atoms with E-state index in [-0.39, 0.29) is 11.3 Å². The third-order valence-corrected chi connectivity index (χ3v) is 6.67. The zero-order valence-corrected chi connectivity index (χ0v) is 20.0. The Kier molecular flexibility index (Phi) is 5.34. The topological polar surface area (TPSA) is 81.0 Å². The molecule has 0 spiro atoms. The summed E-state index contributed by atoms with van der Waals surface area (Å²) in [6.45, 7) is 0. The largest absolute Gasteiger partial charge is 0.467 e. The molecule has 1 unspecified atom stereocenters. The highest BCUT2D eigenvalue weighted by molar-refractivity contribution is 6.31. The number of rotatable bonds is 4. The van der Waals surface area contributed by atoms with Crippen molar-refractivity contribution in [2.75, 3.05) is 0 Å². The molecule has 0 bridgehead atoms. The fourth-order valence-electron chi connectivity index (χ4n) is 4.76. The first-order valence-electron chi connectivity index (χ1n) is 11.4. The van der Waals surface area contributed by atoms with Gasteiger partial charge in [-0.2, -0.15) is 5.10 Å². The van der Waals surface area contributed by atoms with Gasteiger partial charge in [-0.05, 0) is 48.0 Å². The second-order valence-electron chi connectivity index (χ2n) is 8.55. The number of benzene rings is 2. The third kappa shape index (κ3) is 3.56. The summed E-state index contributed by atoms with van der Waals surface area (Å²) in [6.07, 6.45) is 3.28. The fourth-order valence-corrected chi connectivity index (χ4v) is 4.93. The quantitative estimate of drug-likeness (QED) is 0.303. The molecule has 6 rings (SSSR count). The molecule has 0 aliphatic carbocycles. The number of carbonyl (C=O) groups excluding carboxylic acids is 1. The number of aryl methyl sites for hydroxylation is 1. The van der Waals surface area contributed by atoms with E-state index in [2.05, 4.69) is 0 Å². The number of pyridine rings is 1. The van der Waals surface area contributed by atoms with E-state index in [0.717, 1.165) is 22.0 Å². The van der Waals surface area contributed by atoms with E-state index in [1.807, 2.05) is 42.5 Å². The number of halogens is 1. The normalized spacial score (nSPS) is 15.4. The van der Waals surface area contributed by atoms with Crippen LogP contribution in [-0.4, -0.2) is 21.2 Å². The predicted molar refractivity (Wildman–Crippen MR) is 137 cm³/mol. The molecule has 1 aliphatic heterocycles. The van der Waals surface area contributed by atoms with Crippen LogP contribution in [0, 0.1) is 0 Å². The number of furan rings is 2. The summed E-state index contributed by atoms with van der Waals surface area (Å²) in [7, 11) is 1.72. The lowest BCUT2D eigenvalue weighted by molar-refractivity contribution is 0.0660. The van der Waals surface area contributed by atoms with Crippen LogP contribution in [0.3, 0.4) is 0 Å². The van der Waals surface area contributed by atoms with Crippen molar-refractivity contribution in [2.24, 2.45) is 12.1 Å². The number of hydrogen-bond acceptors (Lipinski definition) is 5. The number of hydrogen-bond donors (Lipinski definition) is 0. The summed E-state index contributed by atoms with van der Waals surface area (Å²) >= 11 is 6.40. The van der Waals surface area contributed by atoms with E-state index in [0.29, 0.717) is 28.5 Å². The average Bonchev–Trinajstić information content (AvgIpc) is 3.67. The molecule has 178 valence electrons. The van der Waals surface area contributed by atoms with Gasteiger partial charge >= 0.3 is 5.91 Å². The Morgan fingerprint density at radius 2 is 1.75 bits per heavy atom. The molecule has 5 aromatic rings. The van der Waals surface area contributed by atoms with E-state index in [4.69, 9.17) is 25.5 Å². The van der Waals surface area contributed by atoms with Crippen LogP contribution in [0.4, 0.5) is 0 Å². The van der Waals surface area contributed by atoms with Crippen molar-refractivity contribution >= 4 is 34.1 Å². The van der Waals surface area contributed by atoms with Crippen LogP contribution < -0.4 is 5.56 Å². The molecule has 0 saturated heterocycles. The molecular formula is C28H20ClN3O4. The fraction of sp³-hybridized carbons (Fsp3) is 0.107. The lowest BCUT2D eigenvalue weighted by atomic mass is 9.91. The summed E-state index contributed by atoms with van der Waals surface area (Å²) in [5.74, 6) is 0.298. The first kappa shape index (κ1) is 22.1. The van der Waals surface area contributed by atoms with Crippen molar-refractivity contribution < 1.29 is 13.6 Å². The molecule has 7 nitrogen and oxygen atoms in total. The van der Waals surface area contributed by atoms with Crippen molar-refractivity contribution in [3.8, 4) is 11.1 Å². The summed E-state index contributed by atoms with van der Waals surface area (Å²) in [6, 6.07) is 21.4. The van der Waals surface area contributed by atoms with Crippen LogP contribution >= 0.6 is 11.6 Å². The van der Waals surface area contributed by atoms with Crippen LogP contribution in [0.15, 0.2) is 104 Å². The maximum atomic E-state index is 13.9. The zero-order chi connectivity index (χ0) is 24.8. The van der Waals surface area contributed by atoms with Crippen LogP contribution in [0.1, 0.15) is 34.3 Å². The van der Waals surface area contributed by atoms with Gasteiger partial charge in [0.2, 0.25) is 0 Å². The highest BCUT2D eigenvalue weighted by Gasteiger charge is 2.38. The summed E-state index contributed by atoms with van der Waals surface area (Å²) in [5.41, 5.74) is 3.01. The van der Waals surface area contributed by atoms with Gasteiger partial charge in [-0.3, -0.25) is 9.59 Å². The summed E-state index contributed by atoms with van der Waals surface area (Å²) in [4.78, 5) is 27.2. The van der Waals surface area contributed by atoms with Crippen molar-refractivity contribution in [2.45, 2.75) is 12.5 Å². The predicted octanol–water partition coefficient (Wildman–Crippen LogP) is 6.04. The van der Waals surface area contributed by atoms with E-state index in [9.17, 15) is 9.59 Å². The standard InChI is InChI=1S/C28H20ClN3O4/c1-31-21-12-11-18(29)15-19(21)25(17-7-3-2-4-8-17)26(28(31)34)20-16-22(23-9-5-13-35-23)32(30-20)27(33)24-10-6-14-36-24/h2-15,22H,16H2,1H3. The van der Waals surface area contributed by atoms with Gasteiger partial charge < -0.3 is 13.4 Å².